The van der Waals surface area contributed by atoms with E-state index in [-0.39, 0.29) is 17.4 Å². The van der Waals surface area contributed by atoms with Crippen molar-refractivity contribution in [1.29, 1.82) is 0 Å². The Morgan fingerprint density at radius 2 is 1.83 bits per heavy atom. The number of rotatable bonds is 4. The number of benzene rings is 2. The number of nitrogens with zero attached hydrogens (tertiary/aromatic N) is 3. The molecule has 1 aromatic heterocycles. The van der Waals surface area contributed by atoms with Crippen molar-refractivity contribution in [2.24, 2.45) is 0 Å². The Morgan fingerprint density at radius 3 is 2.57 bits per heavy atom. The Kier molecular flexibility index (Phi) is 3.97. The number of hydrogen-bond donors (Lipinski definition) is 1. The standard InChI is InChI=1S/C17H14N4O2/c1-12(22)13-6-5-7-14(10-13)19-17(23)16-11-18-21(20-16)15-8-3-2-4-9-15/h2-11H,1H3,(H,19,23). The van der Waals surface area contributed by atoms with Gasteiger partial charge in [0.1, 0.15) is 0 Å². The average molecular weight is 306 g/mol. The molecule has 2 aromatic carbocycles. The Morgan fingerprint density at radius 1 is 1.04 bits per heavy atom. The number of amides is 1. The smallest absolute Gasteiger partial charge is 0.277 e. The normalized spacial score (nSPS) is 10.3. The topological polar surface area (TPSA) is 76.9 Å². The van der Waals surface area contributed by atoms with E-state index in [1.165, 1.54) is 17.9 Å². The summed E-state index contributed by atoms with van der Waals surface area (Å²) >= 11 is 0. The molecule has 114 valence electrons. The molecule has 0 bridgehead atoms. The lowest BCUT2D eigenvalue weighted by Gasteiger charge is -2.04. The molecule has 1 N–H and O–H groups in total. The number of ketones is 1. The van der Waals surface area contributed by atoms with Gasteiger partial charge in [-0.3, -0.25) is 9.59 Å². The minimum Gasteiger partial charge on any atom is -0.321 e. The second kappa shape index (κ2) is 6.23. The SMILES string of the molecule is CC(=O)c1cccc(NC(=O)c2cnn(-c3ccccc3)n2)c1. The van der Waals surface area contributed by atoms with Gasteiger partial charge in [0.05, 0.1) is 11.9 Å². The predicted molar refractivity (Wildman–Crippen MR) is 85.8 cm³/mol. The molecule has 0 spiro atoms. The van der Waals surface area contributed by atoms with Crippen molar-refractivity contribution >= 4 is 17.4 Å². The minimum atomic E-state index is -0.382. The van der Waals surface area contributed by atoms with E-state index in [4.69, 9.17) is 0 Å². The highest BCUT2D eigenvalue weighted by molar-refractivity contribution is 6.03. The van der Waals surface area contributed by atoms with Gasteiger partial charge < -0.3 is 5.32 Å². The van der Waals surface area contributed by atoms with Crippen molar-refractivity contribution in [1.82, 2.24) is 15.0 Å². The number of anilines is 1. The van der Waals surface area contributed by atoms with Crippen LogP contribution in [0, 0.1) is 0 Å². The van der Waals surface area contributed by atoms with Crippen molar-refractivity contribution in [2.75, 3.05) is 5.32 Å². The lowest BCUT2D eigenvalue weighted by molar-refractivity contribution is 0.100. The monoisotopic (exact) mass is 306 g/mol. The maximum atomic E-state index is 12.2. The van der Waals surface area contributed by atoms with Crippen molar-refractivity contribution in [2.45, 2.75) is 6.92 Å². The summed E-state index contributed by atoms with van der Waals surface area (Å²) in [6.07, 6.45) is 1.40. The molecule has 6 heteroatoms. The zero-order valence-electron chi connectivity index (χ0n) is 12.4. The van der Waals surface area contributed by atoms with E-state index in [9.17, 15) is 9.59 Å². The van der Waals surface area contributed by atoms with E-state index in [2.05, 4.69) is 15.5 Å². The highest BCUT2D eigenvalue weighted by Crippen LogP contribution is 2.12. The highest BCUT2D eigenvalue weighted by Gasteiger charge is 2.12. The fourth-order valence-electron chi connectivity index (χ4n) is 2.06. The fourth-order valence-corrected chi connectivity index (χ4v) is 2.06. The van der Waals surface area contributed by atoms with Gasteiger partial charge in [-0.2, -0.15) is 9.90 Å². The van der Waals surface area contributed by atoms with Crippen LogP contribution in [0.1, 0.15) is 27.8 Å². The first-order valence-corrected chi connectivity index (χ1v) is 7.03. The Hall–Kier alpha value is -3.28. The maximum Gasteiger partial charge on any atom is 0.277 e. The van der Waals surface area contributed by atoms with Crippen molar-refractivity contribution in [3.63, 3.8) is 0 Å². The lowest BCUT2D eigenvalue weighted by atomic mass is 10.1. The zero-order chi connectivity index (χ0) is 16.2. The third-order valence-electron chi connectivity index (χ3n) is 3.24. The molecule has 0 aliphatic heterocycles. The number of nitrogens with one attached hydrogen (secondary N) is 1. The second-order valence-electron chi connectivity index (χ2n) is 4.95. The zero-order valence-corrected chi connectivity index (χ0v) is 12.4. The van der Waals surface area contributed by atoms with Gasteiger partial charge in [-0.25, -0.2) is 0 Å². The largest absolute Gasteiger partial charge is 0.321 e. The van der Waals surface area contributed by atoms with E-state index in [1.807, 2.05) is 30.3 Å². The summed E-state index contributed by atoms with van der Waals surface area (Å²) in [6.45, 7) is 1.48. The summed E-state index contributed by atoms with van der Waals surface area (Å²) in [5, 5.41) is 11.0. The van der Waals surface area contributed by atoms with Crippen LogP contribution in [0.15, 0.2) is 60.8 Å². The van der Waals surface area contributed by atoms with Crippen LogP contribution in [0.5, 0.6) is 0 Å². The van der Waals surface area contributed by atoms with Crippen LogP contribution in [-0.4, -0.2) is 26.7 Å². The number of carbonyl (C=O) groups excluding carboxylic acids is 2. The third-order valence-corrected chi connectivity index (χ3v) is 3.24. The van der Waals surface area contributed by atoms with Gasteiger partial charge in [-0.1, -0.05) is 30.3 Å². The van der Waals surface area contributed by atoms with Crippen molar-refractivity contribution in [3.05, 3.63) is 72.1 Å². The summed E-state index contributed by atoms with van der Waals surface area (Å²) in [5.74, 6) is -0.441. The van der Waals surface area contributed by atoms with Gasteiger partial charge in [0.2, 0.25) is 0 Å². The van der Waals surface area contributed by atoms with E-state index < -0.39 is 0 Å². The number of para-hydroxylation sites is 1. The van der Waals surface area contributed by atoms with Crippen LogP contribution in [0.3, 0.4) is 0 Å². The van der Waals surface area contributed by atoms with Crippen molar-refractivity contribution < 1.29 is 9.59 Å². The molecule has 0 atom stereocenters. The van der Waals surface area contributed by atoms with E-state index in [0.717, 1.165) is 5.69 Å². The molecule has 0 saturated carbocycles. The van der Waals surface area contributed by atoms with Gasteiger partial charge >= 0.3 is 0 Å². The minimum absolute atomic E-state index is 0.0591. The lowest BCUT2D eigenvalue weighted by Crippen LogP contribution is -2.13. The first kappa shape index (κ1) is 14.6. The summed E-state index contributed by atoms with van der Waals surface area (Å²) in [5.41, 5.74) is 2.04. The first-order chi connectivity index (χ1) is 11.1. The third kappa shape index (κ3) is 3.32. The summed E-state index contributed by atoms with van der Waals surface area (Å²) in [7, 11) is 0. The molecule has 1 amide bonds. The summed E-state index contributed by atoms with van der Waals surface area (Å²) in [6, 6.07) is 16.1. The fraction of sp³-hybridized carbons (Fsp3) is 0.0588. The molecule has 6 nitrogen and oxygen atoms in total. The molecule has 1 heterocycles. The molecular weight excluding hydrogens is 292 g/mol. The molecule has 0 saturated heterocycles. The van der Waals surface area contributed by atoms with E-state index in [0.29, 0.717) is 11.3 Å². The Balaban J connectivity index is 1.78. The molecule has 0 fully saturated rings. The first-order valence-electron chi connectivity index (χ1n) is 7.03. The van der Waals surface area contributed by atoms with E-state index in [1.54, 1.807) is 24.3 Å². The molecular formula is C17H14N4O2. The molecule has 0 aliphatic carbocycles. The average Bonchev–Trinajstić information content (AvgIpc) is 3.06. The van der Waals surface area contributed by atoms with Crippen LogP contribution in [0.4, 0.5) is 5.69 Å². The maximum absolute atomic E-state index is 12.2. The van der Waals surface area contributed by atoms with Crippen LogP contribution in [0.25, 0.3) is 5.69 Å². The van der Waals surface area contributed by atoms with Crippen molar-refractivity contribution in [3.8, 4) is 5.69 Å². The molecule has 0 radical (unpaired) electrons. The summed E-state index contributed by atoms with van der Waals surface area (Å²) in [4.78, 5) is 25.0. The quantitative estimate of drug-likeness (QED) is 0.752. The van der Waals surface area contributed by atoms with E-state index >= 15 is 0 Å². The van der Waals surface area contributed by atoms with Gasteiger partial charge in [0.25, 0.3) is 5.91 Å². The Bertz CT molecular complexity index is 856. The van der Waals surface area contributed by atoms with Gasteiger partial charge in [-0.15, -0.1) is 5.10 Å². The number of aromatic nitrogens is 3. The molecule has 0 aliphatic rings. The summed E-state index contributed by atoms with van der Waals surface area (Å²) < 4.78 is 0. The second-order valence-corrected chi connectivity index (χ2v) is 4.95. The number of hydrogen-bond acceptors (Lipinski definition) is 4. The van der Waals surface area contributed by atoms with Crippen LogP contribution >= 0.6 is 0 Å². The number of carbonyl (C=O) groups is 2. The van der Waals surface area contributed by atoms with Gasteiger partial charge in [-0.05, 0) is 31.2 Å². The molecule has 3 rings (SSSR count). The van der Waals surface area contributed by atoms with Gasteiger partial charge in [0, 0.05) is 11.3 Å². The molecule has 3 aromatic rings. The molecule has 0 unspecified atom stereocenters. The van der Waals surface area contributed by atoms with Gasteiger partial charge in [0.15, 0.2) is 11.5 Å². The highest BCUT2D eigenvalue weighted by atomic mass is 16.2. The number of Topliss-reactive ketones (excluding diaryl/α,β-unsaturated/α-hetero) is 1. The van der Waals surface area contributed by atoms with Crippen LogP contribution < -0.4 is 5.32 Å². The van der Waals surface area contributed by atoms with Crippen LogP contribution in [0.2, 0.25) is 0 Å². The van der Waals surface area contributed by atoms with Crippen LogP contribution in [-0.2, 0) is 0 Å². The Labute approximate surface area is 132 Å². The molecule has 23 heavy (non-hydrogen) atoms. The predicted octanol–water partition coefficient (Wildman–Crippen LogP) is 2.72.